The zero-order valence-electron chi connectivity index (χ0n) is 11.4. The summed E-state index contributed by atoms with van der Waals surface area (Å²) in [5, 5.41) is 7.69. The van der Waals surface area contributed by atoms with Crippen molar-refractivity contribution in [2.24, 2.45) is 0 Å². The largest absolute Gasteiger partial charge is 0.474 e. The molecule has 1 N–H and O–H groups in total. The third kappa shape index (κ3) is 2.67. The van der Waals surface area contributed by atoms with Gasteiger partial charge in [0.25, 0.3) is 0 Å². The Morgan fingerprint density at radius 3 is 2.67 bits per heavy atom. The molecular formula is C14H12F2N4O. The van der Waals surface area contributed by atoms with Gasteiger partial charge in [0.2, 0.25) is 5.88 Å². The summed E-state index contributed by atoms with van der Waals surface area (Å²) in [7, 11) is 0. The molecule has 0 saturated heterocycles. The number of ether oxygens (including phenoxy) is 1. The van der Waals surface area contributed by atoms with Gasteiger partial charge in [-0.25, -0.2) is 13.8 Å². The van der Waals surface area contributed by atoms with Crippen LogP contribution in [-0.2, 0) is 0 Å². The molecule has 0 spiro atoms. The van der Waals surface area contributed by atoms with Crippen molar-refractivity contribution in [2.45, 2.75) is 20.0 Å². The number of benzene rings is 1. The van der Waals surface area contributed by atoms with Crippen LogP contribution in [0, 0.1) is 11.6 Å². The van der Waals surface area contributed by atoms with Crippen molar-refractivity contribution in [3.05, 3.63) is 36.0 Å². The smallest absolute Gasteiger partial charge is 0.234 e. The highest BCUT2D eigenvalue weighted by atomic mass is 19.2. The summed E-state index contributed by atoms with van der Waals surface area (Å²) in [6.07, 6.45) is 1.46. The van der Waals surface area contributed by atoms with Gasteiger partial charge in [-0.15, -0.1) is 5.10 Å². The van der Waals surface area contributed by atoms with E-state index in [0.717, 1.165) is 12.1 Å². The summed E-state index contributed by atoms with van der Waals surface area (Å²) < 4.78 is 31.9. The molecule has 2 heterocycles. The number of nitrogens with one attached hydrogen (secondary N) is 1. The minimum absolute atomic E-state index is 0.0339. The number of aromatic nitrogens is 4. The molecule has 0 aliphatic carbocycles. The fourth-order valence-corrected chi connectivity index (χ4v) is 1.92. The summed E-state index contributed by atoms with van der Waals surface area (Å²) in [6, 6.07) is 3.78. The second kappa shape index (κ2) is 5.08. The average Bonchev–Trinajstić information content (AvgIpc) is 2.82. The van der Waals surface area contributed by atoms with Gasteiger partial charge in [-0.3, -0.25) is 0 Å². The number of halogens is 2. The highest BCUT2D eigenvalue weighted by molar-refractivity contribution is 5.79. The Morgan fingerprint density at radius 2 is 1.90 bits per heavy atom. The molecule has 1 aromatic carbocycles. The first-order valence-corrected chi connectivity index (χ1v) is 6.37. The number of imidazole rings is 1. The van der Waals surface area contributed by atoms with Crippen molar-refractivity contribution in [1.82, 2.24) is 20.2 Å². The number of hydrogen-bond donors (Lipinski definition) is 1. The Kier molecular flexibility index (Phi) is 3.25. The minimum atomic E-state index is -0.933. The first-order chi connectivity index (χ1) is 10.0. The highest BCUT2D eigenvalue weighted by Crippen LogP contribution is 2.23. The van der Waals surface area contributed by atoms with Crippen LogP contribution in [0.4, 0.5) is 8.78 Å². The zero-order chi connectivity index (χ0) is 15.0. The Labute approximate surface area is 119 Å². The molecule has 3 rings (SSSR count). The summed E-state index contributed by atoms with van der Waals surface area (Å²) in [6.45, 7) is 3.75. The van der Waals surface area contributed by atoms with Crippen LogP contribution in [0.25, 0.3) is 22.4 Å². The maximum Gasteiger partial charge on any atom is 0.234 e. The molecule has 7 heteroatoms. The molecule has 0 fully saturated rings. The molecular weight excluding hydrogens is 278 g/mol. The van der Waals surface area contributed by atoms with E-state index in [4.69, 9.17) is 4.74 Å². The lowest BCUT2D eigenvalue weighted by Gasteiger charge is -2.07. The van der Waals surface area contributed by atoms with E-state index in [0.29, 0.717) is 28.3 Å². The summed E-state index contributed by atoms with van der Waals surface area (Å²) >= 11 is 0. The summed E-state index contributed by atoms with van der Waals surface area (Å²) in [5.41, 5.74) is 1.37. The maximum atomic E-state index is 13.2. The number of rotatable bonds is 3. The lowest BCUT2D eigenvalue weighted by molar-refractivity contribution is 0.230. The van der Waals surface area contributed by atoms with Crippen molar-refractivity contribution >= 4 is 11.0 Å². The average molecular weight is 290 g/mol. The van der Waals surface area contributed by atoms with Gasteiger partial charge >= 0.3 is 0 Å². The van der Waals surface area contributed by atoms with Crippen LogP contribution in [0.5, 0.6) is 5.88 Å². The van der Waals surface area contributed by atoms with Crippen LogP contribution in [0.3, 0.4) is 0 Å². The summed E-state index contributed by atoms with van der Waals surface area (Å²) in [5.74, 6) is -1.05. The van der Waals surface area contributed by atoms with Crippen LogP contribution in [0.2, 0.25) is 0 Å². The van der Waals surface area contributed by atoms with E-state index in [2.05, 4.69) is 20.2 Å². The molecule has 0 atom stereocenters. The number of aromatic amines is 1. The normalized spacial score (nSPS) is 11.3. The number of H-pyrrole nitrogens is 1. The van der Waals surface area contributed by atoms with E-state index in [1.165, 1.54) is 6.20 Å². The predicted molar refractivity (Wildman–Crippen MR) is 72.8 cm³/mol. The lowest BCUT2D eigenvalue weighted by atomic mass is 10.3. The standard InChI is InChI=1S/C14H12F2N4O/c1-7(2)21-13-3-8(6-17-20-13)14-18-11-4-9(15)10(16)5-12(11)19-14/h3-7H,1-2H3,(H,18,19). The van der Waals surface area contributed by atoms with Crippen LogP contribution in [-0.4, -0.2) is 26.3 Å². The number of fused-ring (bicyclic) bond motifs is 1. The Morgan fingerprint density at radius 1 is 1.14 bits per heavy atom. The van der Waals surface area contributed by atoms with Crippen LogP contribution in [0.1, 0.15) is 13.8 Å². The molecule has 0 radical (unpaired) electrons. The topological polar surface area (TPSA) is 63.7 Å². The fraction of sp³-hybridized carbons (Fsp3) is 0.214. The third-order valence-corrected chi connectivity index (χ3v) is 2.79. The van der Waals surface area contributed by atoms with Crippen molar-refractivity contribution in [2.75, 3.05) is 0 Å². The minimum Gasteiger partial charge on any atom is -0.474 e. The lowest BCUT2D eigenvalue weighted by Crippen LogP contribution is -2.07. The van der Waals surface area contributed by atoms with Crippen LogP contribution < -0.4 is 4.74 Å². The van der Waals surface area contributed by atoms with Crippen molar-refractivity contribution < 1.29 is 13.5 Å². The Bertz CT molecular complexity index is 762. The predicted octanol–water partition coefficient (Wildman–Crippen LogP) is 3.09. The molecule has 3 aromatic rings. The molecule has 0 saturated carbocycles. The highest BCUT2D eigenvalue weighted by Gasteiger charge is 2.11. The van der Waals surface area contributed by atoms with Crippen LogP contribution >= 0.6 is 0 Å². The number of hydrogen-bond acceptors (Lipinski definition) is 4. The van der Waals surface area contributed by atoms with Gasteiger partial charge in [-0.2, -0.15) is 5.10 Å². The van der Waals surface area contributed by atoms with E-state index < -0.39 is 11.6 Å². The fourth-order valence-electron chi connectivity index (χ4n) is 1.92. The van der Waals surface area contributed by atoms with Crippen molar-refractivity contribution in [3.8, 4) is 17.3 Å². The van der Waals surface area contributed by atoms with E-state index in [9.17, 15) is 8.78 Å². The van der Waals surface area contributed by atoms with Gasteiger partial charge in [0.1, 0.15) is 5.82 Å². The quantitative estimate of drug-likeness (QED) is 0.805. The molecule has 0 amide bonds. The van der Waals surface area contributed by atoms with E-state index in [1.54, 1.807) is 6.07 Å². The second-order valence-electron chi connectivity index (χ2n) is 4.82. The van der Waals surface area contributed by atoms with Gasteiger partial charge in [-0.05, 0) is 13.8 Å². The SMILES string of the molecule is CC(C)Oc1cc(-c2nc3cc(F)c(F)cc3[nH]2)cnn1. The second-order valence-corrected chi connectivity index (χ2v) is 4.82. The van der Waals surface area contributed by atoms with Crippen molar-refractivity contribution in [3.63, 3.8) is 0 Å². The van der Waals surface area contributed by atoms with E-state index >= 15 is 0 Å². The third-order valence-electron chi connectivity index (χ3n) is 2.79. The maximum absolute atomic E-state index is 13.2. The molecule has 0 aliphatic rings. The molecule has 2 aromatic heterocycles. The first kappa shape index (κ1) is 13.4. The van der Waals surface area contributed by atoms with Crippen molar-refractivity contribution in [1.29, 1.82) is 0 Å². The molecule has 0 unspecified atom stereocenters. The Hall–Kier alpha value is -2.57. The molecule has 21 heavy (non-hydrogen) atoms. The van der Waals surface area contributed by atoms with Gasteiger partial charge < -0.3 is 9.72 Å². The van der Waals surface area contributed by atoms with E-state index in [-0.39, 0.29) is 6.10 Å². The monoisotopic (exact) mass is 290 g/mol. The Balaban J connectivity index is 2.04. The molecule has 108 valence electrons. The van der Waals surface area contributed by atoms with Gasteiger partial charge in [0.05, 0.1) is 23.3 Å². The molecule has 0 aliphatic heterocycles. The number of nitrogens with zero attached hydrogens (tertiary/aromatic N) is 3. The molecule has 0 bridgehead atoms. The zero-order valence-corrected chi connectivity index (χ0v) is 11.4. The first-order valence-electron chi connectivity index (χ1n) is 6.37. The van der Waals surface area contributed by atoms with Gasteiger partial charge in [0, 0.05) is 23.8 Å². The summed E-state index contributed by atoms with van der Waals surface area (Å²) in [4.78, 5) is 7.14. The van der Waals surface area contributed by atoms with E-state index in [1.807, 2.05) is 13.8 Å². The molecule has 5 nitrogen and oxygen atoms in total. The van der Waals surface area contributed by atoms with Crippen LogP contribution in [0.15, 0.2) is 24.4 Å². The van der Waals surface area contributed by atoms with Gasteiger partial charge in [-0.1, -0.05) is 0 Å². The van der Waals surface area contributed by atoms with Gasteiger partial charge in [0.15, 0.2) is 11.6 Å².